The maximum atomic E-state index is 12.5. The molecule has 1 amide bonds. The molecular formula is C22H23N3O4. The van der Waals surface area contributed by atoms with Crippen LogP contribution in [-0.4, -0.2) is 47.7 Å². The summed E-state index contributed by atoms with van der Waals surface area (Å²) in [5, 5.41) is 8.23. The van der Waals surface area contributed by atoms with Gasteiger partial charge in [-0.2, -0.15) is 0 Å². The van der Waals surface area contributed by atoms with Crippen LogP contribution < -0.4 is 0 Å². The van der Waals surface area contributed by atoms with Crippen molar-refractivity contribution in [1.82, 2.24) is 15.1 Å². The summed E-state index contributed by atoms with van der Waals surface area (Å²) < 4.78 is 10.4. The van der Waals surface area contributed by atoms with Crippen molar-refractivity contribution < 1.29 is 18.7 Å². The van der Waals surface area contributed by atoms with Gasteiger partial charge in [0.2, 0.25) is 11.8 Å². The largest absolute Gasteiger partial charge is 0.469 e. The molecule has 3 rings (SSSR count). The zero-order valence-electron chi connectivity index (χ0n) is 16.7. The maximum absolute atomic E-state index is 12.5. The van der Waals surface area contributed by atoms with Gasteiger partial charge in [-0.05, 0) is 49.7 Å². The Balaban J connectivity index is 1.66. The molecule has 150 valence electrons. The van der Waals surface area contributed by atoms with Gasteiger partial charge in [0.1, 0.15) is 0 Å². The molecule has 7 nitrogen and oxygen atoms in total. The Labute approximate surface area is 169 Å². The third kappa shape index (κ3) is 5.07. The Hall–Kier alpha value is -3.48. The van der Waals surface area contributed by atoms with Crippen molar-refractivity contribution in [1.29, 1.82) is 0 Å². The van der Waals surface area contributed by atoms with Crippen LogP contribution >= 0.6 is 0 Å². The van der Waals surface area contributed by atoms with Gasteiger partial charge >= 0.3 is 5.97 Å². The molecule has 0 N–H and O–H groups in total. The Morgan fingerprint density at radius 2 is 1.72 bits per heavy atom. The number of hydrogen-bond acceptors (Lipinski definition) is 6. The van der Waals surface area contributed by atoms with Gasteiger partial charge in [-0.25, -0.2) is 0 Å². The second-order valence-electron chi connectivity index (χ2n) is 6.77. The molecular weight excluding hydrogens is 370 g/mol. The summed E-state index contributed by atoms with van der Waals surface area (Å²) >= 11 is 0. The Morgan fingerprint density at radius 3 is 2.38 bits per heavy atom. The second kappa shape index (κ2) is 9.14. The van der Waals surface area contributed by atoms with E-state index in [1.54, 1.807) is 36.2 Å². The zero-order valence-corrected chi connectivity index (χ0v) is 16.7. The summed E-state index contributed by atoms with van der Waals surface area (Å²) in [6, 6.07) is 14.9. The quantitative estimate of drug-likeness (QED) is 0.569. The van der Waals surface area contributed by atoms with Gasteiger partial charge < -0.3 is 14.1 Å². The fourth-order valence-electron chi connectivity index (χ4n) is 2.87. The van der Waals surface area contributed by atoms with Crippen molar-refractivity contribution in [3.8, 4) is 22.9 Å². The number of rotatable bonds is 7. The van der Waals surface area contributed by atoms with Crippen molar-refractivity contribution in [2.24, 2.45) is 0 Å². The first-order chi connectivity index (χ1) is 14.0. The van der Waals surface area contributed by atoms with E-state index in [0.29, 0.717) is 30.3 Å². The first-order valence-corrected chi connectivity index (χ1v) is 9.31. The number of esters is 1. The summed E-state index contributed by atoms with van der Waals surface area (Å²) in [5.41, 5.74) is 3.26. The normalized spacial score (nSPS) is 10.6. The van der Waals surface area contributed by atoms with E-state index < -0.39 is 0 Å². The summed E-state index contributed by atoms with van der Waals surface area (Å²) in [4.78, 5) is 25.3. The molecule has 0 aliphatic heterocycles. The standard InChI is InChI=1S/C22H23N3O4/c1-15-6-4-7-18(14-15)21-24-23-20(29-21)16-9-11-17(12-10-16)22(27)25(2)13-5-8-19(26)28-3/h4,6-7,9-12,14H,5,8,13H2,1-3H3. The van der Waals surface area contributed by atoms with Crippen LogP contribution in [0.4, 0.5) is 0 Å². The SMILES string of the molecule is COC(=O)CCCN(C)C(=O)c1ccc(-c2nnc(-c3cccc(C)c3)o2)cc1. The number of nitrogens with zero attached hydrogens (tertiary/aromatic N) is 3. The van der Waals surface area contributed by atoms with E-state index in [1.807, 2.05) is 31.2 Å². The highest BCUT2D eigenvalue weighted by molar-refractivity contribution is 5.94. The molecule has 29 heavy (non-hydrogen) atoms. The van der Waals surface area contributed by atoms with Crippen LogP contribution in [-0.2, 0) is 9.53 Å². The highest BCUT2D eigenvalue weighted by Gasteiger charge is 2.14. The summed E-state index contributed by atoms with van der Waals surface area (Å²) in [7, 11) is 3.06. The third-order valence-electron chi connectivity index (χ3n) is 4.52. The molecule has 0 saturated heterocycles. The van der Waals surface area contributed by atoms with Gasteiger partial charge in [0.15, 0.2) is 0 Å². The minimum Gasteiger partial charge on any atom is -0.469 e. The van der Waals surface area contributed by atoms with Crippen molar-refractivity contribution in [2.75, 3.05) is 20.7 Å². The number of carbonyl (C=O) groups excluding carboxylic acids is 2. The number of hydrogen-bond donors (Lipinski definition) is 0. The molecule has 0 spiro atoms. The second-order valence-corrected chi connectivity index (χ2v) is 6.77. The van der Waals surface area contributed by atoms with Crippen LogP contribution in [0.25, 0.3) is 22.9 Å². The number of methoxy groups -OCH3 is 1. The molecule has 3 aromatic rings. The van der Waals surface area contributed by atoms with Crippen LogP contribution in [0.15, 0.2) is 52.9 Å². The molecule has 1 heterocycles. The van der Waals surface area contributed by atoms with Gasteiger partial charge in [-0.15, -0.1) is 10.2 Å². The van der Waals surface area contributed by atoms with Crippen LogP contribution in [0, 0.1) is 6.92 Å². The van der Waals surface area contributed by atoms with Crippen LogP contribution in [0.1, 0.15) is 28.8 Å². The number of benzene rings is 2. The monoisotopic (exact) mass is 393 g/mol. The fraction of sp³-hybridized carbons (Fsp3) is 0.273. The van der Waals surface area contributed by atoms with E-state index in [-0.39, 0.29) is 18.3 Å². The number of carbonyl (C=O) groups is 2. The third-order valence-corrected chi connectivity index (χ3v) is 4.52. The summed E-state index contributed by atoms with van der Waals surface area (Å²) in [6.07, 6.45) is 0.838. The van der Waals surface area contributed by atoms with Gasteiger partial charge in [-0.3, -0.25) is 9.59 Å². The predicted octanol–water partition coefficient (Wildman–Crippen LogP) is 3.74. The lowest BCUT2D eigenvalue weighted by Gasteiger charge is -2.16. The molecule has 0 radical (unpaired) electrons. The molecule has 0 atom stereocenters. The highest BCUT2D eigenvalue weighted by Crippen LogP contribution is 2.24. The van der Waals surface area contributed by atoms with Crippen molar-refractivity contribution in [3.05, 3.63) is 59.7 Å². The number of ether oxygens (including phenoxy) is 1. The lowest BCUT2D eigenvalue weighted by molar-refractivity contribution is -0.140. The smallest absolute Gasteiger partial charge is 0.305 e. The van der Waals surface area contributed by atoms with E-state index in [2.05, 4.69) is 14.9 Å². The van der Waals surface area contributed by atoms with Crippen molar-refractivity contribution in [3.63, 3.8) is 0 Å². The van der Waals surface area contributed by atoms with E-state index in [4.69, 9.17) is 4.42 Å². The van der Waals surface area contributed by atoms with Gasteiger partial charge in [-0.1, -0.05) is 17.7 Å². The van der Waals surface area contributed by atoms with Crippen molar-refractivity contribution in [2.45, 2.75) is 19.8 Å². The van der Waals surface area contributed by atoms with Crippen molar-refractivity contribution >= 4 is 11.9 Å². The molecule has 0 aliphatic rings. The first-order valence-electron chi connectivity index (χ1n) is 9.31. The minimum atomic E-state index is -0.278. The Bertz CT molecular complexity index is 995. The van der Waals surface area contributed by atoms with Gasteiger partial charge in [0.25, 0.3) is 5.91 Å². The summed E-state index contributed by atoms with van der Waals surface area (Å²) in [5.74, 6) is 0.452. The number of aryl methyl sites for hydroxylation is 1. The number of amides is 1. The van der Waals surface area contributed by atoms with E-state index in [9.17, 15) is 9.59 Å². The summed E-state index contributed by atoms with van der Waals surface area (Å²) in [6.45, 7) is 2.47. The fourth-order valence-corrected chi connectivity index (χ4v) is 2.87. The molecule has 0 bridgehead atoms. The Kier molecular flexibility index (Phi) is 6.39. The van der Waals surface area contributed by atoms with Gasteiger partial charge in [0, 0.05) is 36.7 Å². The topological polar surface area (TPSA) is 85.5 Å². The van der Waals surface area contributed by atoms with Crippen LogP contribution in [0.5, 0.6) is 0 Å². The number of aromatic nitrogens is 2. The van der Waals surface area contributed by atoms with Gasteiger partial charge in [0.05, 0.1) is 7.11 Å². The van der Waals surface area contributed by atoms with E-state index >= 15 is 0 Å². The van der Waals surface area contributed by atoms with Crippen LogP contribution in [0.2, 0.25) is 0 Å². The molecule has 0 aliphatic carbocycles. The molecule has 2 aromatic carbocycles. The zero-order chi connectivity index (χ0) is 20.8. The predicted molar refractivity (Wildman–Crippen MR) is 108 cm³/mol. The molecule has 0 fully saturated rings. The maximum Gasteiger partial charge on any atom is 0.305 e. The minimum absolute atomic E-state index is 0.118. The first kappa shape index (κ1) is 20.3. The molecule has 7 heteroatoms. The molecule has 0 unspecified atom stereocenters. The molecule has 1 aromatic heterocycles. The lowest BCUT2D eigenvalue weighted by atomic mass is 10.1. The van der Waals surface area contributed by atoms with E-state index in [1.165, 1.54) is 7.11 Å². The Morgan fingerprint density at radius 1 is 1.03 bits per heavy atom. The van der Waals surface area contributed by atoms with E-state index in [0.717, 1.165) is 16.7 Å². The average molecular weight is 393 g/mol. The molecule has 0 saturated carbocycles. The van der Waals surface area contributed by atoms with Crippen LogP contribution in [0.3, 0.4) is 0 Å². The average Bonchev–Trinajstić information content (AvgIpc) is 3.23. The highest BCUT2D eigenvalue weighted by atomic mass is 16.5. The lowest BCUT2D eigenvalue weighted by Crippen LogP contribution is -2.28.